The van der Waals surface area contributed by atoms with Crippen LogP contribution in [0.1, 0.15) is 33.1 Å². The lowest BCUT2D eigenvalue weighted by molar-refractivity contribution is 0.318. The molecule has 0 fully saturated rings. The summed E-state index contributed by atoms with van der Waals surface area (Å²) in [5, 5.41) is 2.98. The molecule has 1 unspecified atom stereocenters. The van der Waals surface area contributed by atoms with Crippen LogP contribution in [-0.4, -0.2) is 34.7 Å². The molecule has 120 valence electrons. The molecule has 1 aromatic carbocycles. The molecule has 0 radical (unpaired) electrons. The monoisotopic (exact) mass is 314 g/mol. The van der Waals surface area contributed by atoms with Crippen LogP contribution in [0.25, 0.3) is 0 Å². The van der Waals surface area contributed by atoms with Crippen molar-refractivity contribution in [3.8, 4) is 5.75 Å². The predicted octanol–water partition coefficient (Wildman–Crippen LogP) is 2.14. The van der Waals surface area contributed by atoms with Crippen LogP contribution in [0.15, 0.2) is 29.2 Å². The van der Waals surface area contributed by atoms with E-state index in [0.717, 1.165) is 25.8 Å². The van der Waals surface area contributed by atoms with Gasteiger partial charge in [-0.1, -0.05) is 19.8 Å². The summed E-state index contributed by atoms with van der Waals surface area (Å²) in [5.41, 5.74) is 0. The number of nitrogens with one attached hydrogen (secondary N) is 2. The van der Waals surface area contributed by atoms with Gasteiger partial charge in [-0.05, 0) is 44.7 Å². The highest BCUT2D eigenvalue weighted by molar-refractivity contribution is 7.89. The van der Waals surface area contributed by atoms with E-state index >= 15 is 0 Å². The number of hydrogen-bond acceptors (Lipinski definition) is 4. The molecule has 1 rings (SSSR count). The van der Waals surface area contributed by atoms with Crippen LogP contribution < -0.4 is 14.8 Å². The van der Waals surface area contributed by atoms with E-state index in [4.69, 9.17) is 4.74 Å². The smallest absolute Gasteiger partial charge is 0.240 e. The number of hydrogen-bond donors (Lipinski definition) is 2. The Morgan fingerprint density at radius 1 is 1.24 bits per heavy atom. The number of likely N-dealkylation sites (N-methyl/N-ethyl adjacent to an activating group) is 1. The third-order valence-corrected chi connectivity index (χ3v) is 4.71. The van der Waals surface area contributed by atoms with Gasteiger partial charge in [0.2, 0.25) is 10.0 Å². The molecule has 0 bridgehead atoms. The largest absolute Gasteiger partial charge is 0.492 e. The molecular formula is C15H26N2O3S. The summed E-state index contributed by atoms with van der Waals surface area (Å²) in [7, 11) is -1.60. The molecule has 0 aliphatic heterocycles. The van der Waals surface area contributed by atoms with Gasteiger partial charge in [-0.2, -0.15) is 0 Å². The maximum absolute atomic E-state index is 12.2. The highest BCUT2D eigenvalue weighted by atomic mass is 32.2. The average molecular weight is 314 g/mol. The molecule has 0 aromatic heterocycles. The first-order chi connectivity index (χ1) is 9.99. The Kier molecular flexibility index (Phi) is 7.71. The van der Waals surface area contributed by atoms with Crippen molar-refractivity contribution in [2.24, 2.45) is 0 Å². The van der Waals surface area contributed by atoms with E-state index in [1.807, 2.05) is 14.0 Å². The van der Waals surface area contributed by atoms with Crippen molar-refractivity contribution in [3.05, 3.63) is 24.3 Å². The molecule has 21 heavy (non-hydrogen) atoms. The molecule has 0 amide bonds. The van der Waals surface area contributed by atoms with Gasteiger partial charge in [0.05, 0.1) is 4.90 Å². The third-order valence-electron chi connectivity index (χ3n) is 3.10. The highest BCUT2D eigenvalue weighted by Gasteiger charge is 2.16. The van der Waals surface area contributed by atoms with Crippen LogP contribution in [0, 0.1) is 0 Å². The van der Waals surface area contributed by atoms with E-state index in [-0.39, 0.29) is 10.9 Å². The first-order valence-corrected chi connectivity index (χ1v) is 8.87. The molecule has 1 atom stereocenters. The normalized spacial score (nSPS) is 13.1. The number of unbranched alkanes of at least 4 members (excludes halogenated alkanes) is 1. The lowest BCUT2D eigenvalue weighted by atomic mass is 10.2. The fourth-order valence-electron chi connectivity index (χ4n) is 1.89. The Balaban J connectivity index is 2.62. The summed E-state index contributed by atoms with van der Waals surface area (Å²) < 4.78 is 32.6. The molecule has 0 spiro atoms. The summed E-state index contributed by atoms with van der Waals surface area (Å²) in [6, 6.07) is 6.45. The number of benzene rings is 1. The van der Waals surface area contributed by atoms with Crippen molar-refractivity contribution in [1.82, 2.24) is 10.0 Å². The number of ether oxygens (including phenoxy) is 1. The molecule has 0 heterocycles. The topological polar surface area (TPSA) is 67.4 Å². The van der Waals surface area contributed by atoms with Gasteiger partial charge in [0.15, 0.2) is 0 Å². The molecule has 0 aliphatic carbocycles. The van der Waals surface area contributed by atoms with E-state index in [0.29, 0.717) is 12.4 Å². The SMILES string of the molecule is CCCCC(C)NS(=O)(=O)c1ccc(OCCNC)cc1. The lowest BCUT2D eigenvalue weighted by Crippen LogP contribution is -2.32. The summed E-state index contributed by atoms with van der Waals surface area (Å²) in [5.74, 6) is 0.670. The molecule has 0 saturated carbocycles. The summed E-state index contributed by atoms with van der Waals surface area (Å²) in [6.07, 6.45) is 2.92. The van der Waals surface area contributed by atoms with Crippen molar-refractivity contribution in [2.45, 2.75) is 44.0 Å². The fourth-order valence-corrected chi connectivity index (χ4v) is 3.17. The van der Waals surface area contributed by atoms with Gasteiger partial charge in [0.25, 0.3) is 0 Å². The summed E-state index contributed by atoms with van der Waals surface area (Å²) in [4.78, 5) is 0.270. The second kappa shape index (κ2) is 9.02. The van der Waals surface area contributed by atoms with E-state index in [2.05, 4.69) is 17.0 Å². The van der Waals surface area contributed by atoms with Crippen molar-refractivity contribution in [1.29, 1.82) is 0 Å². The molecule has 2 N–H and O–H groups in total. The zero-order valence-electron chi connectivity index (χ0n) is 13.1. The van der Waals surface area contributed by atoms with E-state index in [9.17, 15) is 8.42 Å². The minimum absolute atomic E-state index is 0.0542. The Bertz CT molecular complexity index is 500. The zero-order chi connectivity index (χ0) is 15.7. The van der Waals surface area contributed by atoms with Gasteiger partial charge in [-0.25, -0.2) is 13.1 Å². The first-order valence-electron chi connectivity index (χ1n) is 7.39. The third kappa shape index (κ3) is 6.46. The lowest BCUT2D eigenvalue weighted by Gasteiger charge is -2.14. The van der Waals surface area contributed by atoms with Crippen LogP contribution in [0.4, 0.5) is 0 Å². The Morgan fingerprint density at radius 3 is 2.48 bits per heavy atom. The van der Waals surface area contributed by atoms with Crippen LogP contribution in [0.3, 0.4) is 0 Å². The molecule has 0 aliphatic rings. The van der Waals surface area contributed by atoms with Crippen molar-refractivity contribution < 1.29 is 13.2 Å². The second-order valence-corrected chi connectivity index (χ2v) is 6.80. The van der Waals surface area contributed by atoms with Gasteiger partial charge in [-0.15, -0.1) is 0 Å². The Labute approximate surface area is 128 Å². The van der Waals surface area contributed by atoms with Crippen LogP contribution in [0.2, 0.25) is 0 Å². The quantitative estimate of drug-likeness (QED) is 0.649. The standard InChI is InChI=1S/C15H26N2O3S/c1-4-5-6-13(2)17-21(18,19)15-9-7-14(8-10-15)20-12-11-16-3/h7-10,13,16-17H,4-6,11-12H2,1-3H3. The molecule has 0 saturated heterocycles. The van der Waals surface area contributed by atoms with Gasteiger partial charge < -0.3 is 10.1 Å². The first kappa shape index (κ1) is 17.9. The molecular weight excluding hydrogens is 288 g/mol. The minimum atomic E-state index is -3.45. The Morgan fingerprint density at radius 2 is 1.90 bits per heavy atom. The van der Waals surface area contributed by atoms with E-state index in [1.165, 1.54) is 0 Å². The van der Waals surface area contributed by atoms with Crippen molar-refractivity contribution in [3.63, 3.8) is 0 Å². The number of sulfonamides is 1. The van der Waals surface area contributed by atoms with Crippen LogP contribution in [0.5, 0.6) is 5.75 Å². The van der Waals surface area contributed by atoms with Crippen molar-refractivity contribution >= 4 is 10.0 Å². The molecule has 1 aromatic rings. The summed E-state index contributed by atoms with van der Waals surface area (Å²) in [6.45, 7) is 5.28. The average Bonchev–Trinajstić information content (AvgIpc) is 2.45. The second-order valence-electron chi connectivity index (χ2n) is 5.09. The van der Waals surface area contributed by atoms with Crippen LogP contribution in [-0.2, 0) is 10.0 Å². The summed E-state index contributed by atoms with van der Waals surface area (Å²) >= 11 is 0. The van der Waals surface area contributed by atoms with E-state index in [1.54, 1.807) is 24.3 Å². The zero-order valence-corrected chi connectivity index (χ0v) is 13.9. The van der Waals surface area contributed by atoms with Gasteiger partial charge in [-0.3, -0.25) is 0 Å². The number of rotatable bonds is 10. The maximum Gasteiger partial charge on any atom is 0.240 e. The fraction of sp³-hybridized carbons (Fsp3) is 0.600. The minimum Gasteiger partial charge on any atom is -0.492 e. The van der Waals surface area contributed by atoms with Gasteiger partial charge in [0.1, 0.15) is 12.4 Å². The van der Waals surface area contributed by atoms with Crippen LogP contribution >= 0.6 is 0 Å². The molecule has 6 heteroatoms. The predicted molar refractivity (Wildman–Crippen MR) is 85.2 cm³/mol. The molecule has 5 nitrogen and oxygen atoms in total. The van der Waals surface area contributed by atoms with Crippen molar-refractivity contribution in [2.75, 3.05) is 20.2 Å². The van der Waals surface area contributed by atoms with Gasteiger partial charge >= 0.3 is 0 Å². The Hall–Kier alpha value is -1.11. The highest BCUT2D eigenvalue weighted by Crippen LogP contribution is 2.16. The van der Waals surface area contributed by atoms with Gasteiger partial charge in [0, 0.05) is 12.6 Å². The maximum atomic E-state index is 12.2. The van der Waals surface area contributed by atoms with E-state index < -0.39 is 10.0 Å².